The van der Waals surface area contributed by atoms with Gasteiger partial charge in [-0.15, -0.1) is 0 Å². The summed E-state index contributed by atoms with van der Waals surface area (Å²) < 4.78 is 7.37. The summed E-state index contributed by atoms with van der Waals surface area (Å²) in [7, 11) is 1.83. The van der Waals surface area contributed by atoms with Crippen molar-refractivity contribution in [2.24, 2.45) is 13.0 Å². The van der Waals surface area contributed by atoms with Crippen molar-refractivity contribution in [3.05, 3.63) is 18.0 Å². The lowest BCUT2D eigenvalue weighted by atomic mass is 9.83. The summed E-state index contributed by atoms with van der Waals surface area (Å²) in [5, 5.41) is 4.20. The number of carbonyl (C=O) groups is 1. The van der Waals surface area contributed by atoms with Crippen LogP contribution in [0, 0.1) is 5.92 Å². The maximum atomic E-state index is 12.4. The largest absolute Gasteiger partial charge is 0.370 e. The molecule has 1 fully saturated rings. The maximum Gasteiger partial charge on any atom is 0.211 e. The molecular weight excluding hydrogens is 228 g/mol. The standard InChI is InChI=1S/C14H22N2O2/c1-3-18-14(11-7-5-4-6-8-11)13(17)12-9-10-16(2)15-12/h9-11,14H,3-8H2,1-2H3. The molecule has 4 heteroatoms. The summed E-state index contributed by atoms with van der Waals surface area (Å²) in [6, 6.07) is 1.77. The molecule has 4 nitrogen and oxygen atoms in total. The van der Waals surface area contributed by atoms with Crippen LogP contribution in [-0.4, -0.2) is 28.3 Å². The molecule has 1 unspecified atom stereocenters. The lowest BCUT2D eigenvalue weighted by molar-refractivity contribution is 0.0123. The van der Waals surface area contributed by atoms with Crippen molar-refractivity contribution >= 4 is 5.78 Å². The van der Waals surface area contributed by atoms with Crippen LogP contribution in [0.1, 0.15) is 49.5 Å². The van der Waals surface area contributed by atoms with Gasteiger partial charge >= 0.3 is 0 Å². The van der Waals surface area contributed by atoms with E-state index in [0.29, 0.717) is 18.2 Å². The zero-order valence-electron chi connectivity index (χ0n) is 11.3. The van der Waals surface area contributed by atoms with Crippen LogP contribution < -0.4 is 0 Å². The quantitative estimate of drug-likeness (QED) is 0.754. The van der Waals surface area contributed by atoms with Gasteiger partial charge in [-0.2, -0.15) is 5.10 Å². The minimum atomic E-state index is -0.301. The van der Waals surface area contributed by atoms with Gasteiger partial charge in [-0.1, -0.05) is 19.3 Å². The minimum Gasteiger partial charge on any atom is -0.370 e. The first-order valence-electron chi connectivity index (χ1n) is 6.88. The van der Waals surface area contributed by atoms with E-state index in [4.69, 9.17) is 4.74 Å². The molecule has 0 amide bonds. The molecule has 2 rings (SSSR count). The molecule has 0 aromatic carbocycles. The highest BCUT2D eigenvalue weighted by Crippen LogP contribution is 2.29. The molecule has 0 aliphatic heterocycles. The molecule has 1 atom stereocenters. The third-order valence-electron chi connectivity index (χ3n) is 3.65. The maximum absolute atomic E-state index is 12.4. The van der Waals surface area contributed by atoms with Gasteiger partial charge < -0.3 is 4.74 Å². The summed E-state index contributed by atoms with van der Waals surface area (Å²) in [6.45, 7) is 2.53. The first-order valence-corrected chi connectivity index (χ1v) is 6.88. The number of nitrogens with zero attached hydrogens (tertiary/aromatic N) is 2. The van der Waals surface area contributed by atoms with Gasteiger partial charge in [0.25, 0.3) is 0 Å². The molecule has 0 saturated heterocycles. The Morgan fingerprint density at radius 2 is 2.22 bits per heavy atom. The van der Waals surface area contributed by atoms with Gasteiger partial charge in [0.2, 0.25) is 5.78 Å². The van der Waals surface area contributed by atoms with Crippen LogP contribution >= 0.6 is 0 Å². The van der Waals surface area contributed by atoms with Crippen LogP contribution in [0.4, 0.5) is 0 Å². The number of ketones is 1. The Morgan fingerprint density at radius 1 is 1.50 bits per heavy atom. The SMILES string of the molecule is CCOC(C(=O)c1ccn(C)n1)C1CCCCC1. The Balaban J connectivity index is 2.10. The van der Waals surface area contributed by atoms with E-state index in [0.717, 1.165) is 12.8 Å². The van der Waals surface area contributed by atoms with E-state index in [2.05, 4.69) is 5.10 Å². The number of aryl methyl sites for hydroxylation is 1. The van der Waals surface area contributed by atoms with Crippen molar-refractivity contribution in [3.63, 3.8) is 0 Å². The fraction of sp³-hybridized carbons (Fsp3) is 0.714. The topological polar surface area (TPSA) is 44.1 Å². The van der Waals surface area contributed by atoms with E-state index < -0.39 is 0 Å². The van der Waals surface area contributed by atoms with Crippen LogP contribution in [0.25, 0.3) is 0 Å². The zero-order valence-corrected chi connectivity index (χ0v) is 11.3. The second kappa shape index (κ2) is 6.14. The molecule has 18 heavy (non-hydrogen) atoms. The van der Waals surface area contributed by atoms with Gasteiger partial charge in [0.05, 0.1) is 0 Å². The zero-order chi connectivity index (χ0) is 13.0. The summed E-state index contributed by atoms with van der Waals surface area (Å²) in [5.74, 6) is 0.414. The fourth-order valence-electron chi connectivity index (χ4n) is 2.73. The van der Waals surface area contributed by atoms with Crippen LogP contribution in [0.2, 0.25) is 0 Å². The van der Waals surface area contributed by atoms with Gasteiger partial charge in [-0.3, -0.25) is 9.48 Å². The lowest BCUT2D eigenvalue weighted by Crippen LogP contribution is -2.34. The molecule has 1 heterocycles. The molecular formula is C14H22N2O2. The van der Waals surface area contributed by atoms with Crippen LogP contribution in [0.3, 0.4) is 0 Å². The predicted molar refractivity (Wildman–Crippen MR) is 69.5 cm³/mol. The number of carbonyl (C=O) groups excluding carboxylic acids is 1. The van der Waals surface area contributed by atoms with Crippen molar-refractivity contribution in [1.29, 1.82) is 0 Å². The van der Waals surface area contributed by atoms with Crippen LogP contribution in [0.5, 0.6) is 0 Å². The molecule has 0 spiro atoms. The Labute approximate surface area is 108 Å². The van der Waals surface area contributed by atoms with Crippen molar-refractivity contribution in [3.8, 4) is 0 Å². The van der Waals surface area contributed by atoms with E-state index >= 15 is 0 Å². The Morgan fingerprint density at radius 3 is 2.78 bits per heavy atom. The molecule has 100 valence electrons. The van der Waals surface area contributed by atoms with Crippen molar-refractivity contribution < 1.29 is 9.53 Å². The summed E-state index contributed by atoms with van der Waals surface area (Å²) in [4.78, 5) is 12.4. The van der Waals surface area contributed by atoms with E-state index in [9.17, 15) is 4.79 Å². The Hall–Kier alpha value is -1.16. The Kier molecular flexibility index (Phi) is 4.53. The number of hydrogen-bond donors (Lipinski definition) is 0. The number of aromatic nitrogens is 2. The van der Waals surface area contributed by atoms with E-state index in [-0.39, 0.29) is 11.9 Å². The molecule has 1 aliphatic carbocycles. The summed E-state index contributed by atoms with van der Waals surface area (Å²) >= 11 is 0. The average Bonchev–Trinajstić information content (AvgIpc) is 2.83. The van der Waals surface area contributed by atoms with Crippen molar-refractivity contribution in [2.45, 2.75) is 45.1 Å². The minimum absolute atomic E-state index is 0.0457. The normalized spacial score (nSPS) is 18.8. The van der Waals surface area contributed by atoms with Gasteiger partial charge in [0.15, 0.2) is 0 Å². The third-order valence-corrected chi connectivity index (χ3v) is 3.65. The number of rotatable bonds is 5. The second-order valence-electron chi connectivity index (χ2n) is 5.01. The lowest BCUT2D eigenvalue weighted by Gasteiger charge is -2.28. The first-order chi connectivity index (χ1) is 8.72. The first kappa shape index (κ1) is 13.3. The third kappa shape index (κ3) is 2.99. The molecule has 0 bridgehead atoms. The molecule has 0 radical (unpaired) electrons. The van der Waals surface area contributed by atoms with Crippen molar-refractivity contribution in [1.82, 2.24) is 9.78 Å². The second-order valence-corrected chi connectivity index (χ2v) is 5.01. The summed E-state index contributed by atoms with van der Waals surface area (Å²) in [5.41, 5.74) is 0.529. The highest BCUT2D eigenvalue weighted by molar-refractivity contribution is 5.97. The van der Waals surface area contributed by atoms with Gasteiger partial charge in [-0.05, 0) is 31.7 Å². The monoisotopic (exact) mass is 250 g/mol. The van der Waals surface area contributed by atoms with Crippen molar-refractivity contribution in [2.75, 3.05) is 6.61 Å². The smallest absolute Gasteiger partial charge is 0.211 e. The summed E-state index contributed by atoms with van der Waals surface area (Å²) in [6.07, 6.45) is 7.41. The Bertz CT molecular complexity index is 394. The van der Waals surface area contributed by atoms with Gasteiger partial charge in [0, 0.05) is 19.9 Å². The van der Waals surface area contributed by atoms with E-state index in [1.807, 2.05) is 14.0 Å². The number of Topliss-reactive ketones (excluding diaryl/α,β-unsaturated/α-hetero) is 1. The predicted octanol–water partition coefficient (Wildman–Crippen LogP) is 2.59. The average molecular weight is 250 g/mol. The highest BCUT2D eigenvalue weighted by atomic mass is 16.5. The van der Waals surface area contributed by atoms with E-state index in [1.165, 1.54) is 19.3 Å². The number of hydrogen-bond acceptors (Lipinski definition) is 3. The highest BCUT2D eigenvalue weighted by Gasteiger charge is 2.31. The van der Waals surface area contributed by atoms with Crippen LogP contribution in [-0.2, 0) is 11.8 Å². The fourth-order valence-corrected chi connectivity index (χ4v) is 2.73. The van der Waals surface area contributed by atoms with Crippen LogP contribution in [0.15, 0.2) is 12.3 Å². The molecule has 0 N–H and O–H groups in total. The molecule has 1 aromatic rings. The molecule has 1 aliphatic rings. The van der Waals surface area contributed by atoms with Gasteiger partial charge in [-0.25, -0.2) is 0 Å². The molecule has 1 saturated carbocycles. The van der Waals surface area contributed by atoms with E-state index in [1.54, 1.807) is 16.9 Å². The number of ether oxygens (including phenoxy) is 1. The molecule has 1 aromatic heterocycles. The van der Waals surface area contributed by atoms with Gasteiger partial charge in [0.1, 0.15) is 11.8 Å².